The smallest absolute Gasteiger partial charge is 0.224 e. The maximum Gasteiger partial charge on any atom is 0.224 e. The van der Waals surface area contributed by atoms with Crippen molar-refractivity contribution in [1.82, 2.24) is 9.21 Å². The van der Waals surface area contributed by atoms with Gasteiger partial charge in [-0.3, -0.25) is 4.79 Å². The van der Waals surface area contributed by atoms with E-state index in [9.17, 15) is 13.2 Å². The van der Waals surface area contributed by atoms with Crippen LogP contribution in [0, 0.1) is 0 Å². The number of methoxy groups -OCH3 is 2. The summed E-state index contributed by atoms with van der Waals surface area (Å²) < 4.78 is 35.9. The van der Waals surface area contributed by atoms with Gasteiger partial charge in [0.25, 0.3) is 0 Å². The van der Waals surface area contributed by atoms with Crippen molar-refractivity contribution in [3.05, 3.63) is 23.3 Å². The number of carbonyl (C=O) groups excluding carboxylic acids is 1. The highest BCUT2D eigenvalue weighted by Gasteiger charge is 2.24. The SMILES string of the molecule is CCCCN(CCC(=O)N1CCc2cc(OC)c(OC)cc2C1)S(C)(=O)=O. The maximum atomic E-state index is 12.6. The second-order valence-corrected chi connectivity index (χ2v) is 8.79. The van der Waals surface area contributed by atoms with Gasteiger partial charge in [-0.25, -0.2) is 12.7 Å². The van der Waals surface area contributed by atoms with Gasteiger partial charge in [0, 0.05) is 32.6 Å². The van der Waals surface area contributed by atoms with Gasteiger partial charge >= 0.3 is 0 Å². The number of nitrogens with zero attached hydrogens (tertiary/aromatic N) is 2. The zero-order valence-corrected chi connectivity index (χ0v) is 17.5. The first-order valence-electron chi connectivity index (χ1n) is 9.26. The van der Waals surface area contributed by atoms with Crippen LogP contribution >= 0.6 is 0 Å². The molecule has 0 radical (unpaired) electrons. The average molecular weight is 399 g/mol. The van der Waals surface area contributed by atoms with Gasteiger partial charge < -0.3 is 14.4 Å². The minimum Gasteiger partial charge on any atom is -0.493 e. The van der Waals surface area contributed by atoms with E-state index < -0.39 is 10.0 Å². The first-order chi connectivity index (χ1) is 12.8. The number of hydrogen-bond donors (Lipinski definition) is 0. The number of sulfonamides is 1. The number of amides is 1. The van der Waals surface area contributed by atoms with Gasteiger partial charge in [0.2, 0.25) is 15.9 Å². The number of benzene rings is 1. The summed E-state index contributed by atoms with van der Waals surface area (Å²) in [6, 6.07) is 3.88. The molecular weight excluding hydrogens is 368 g/mol. The van der Waals surface area contributed by atoms with Crippen LogP contribution in [0.1, 0.15) is 37.3 Å². The normalized spacial score (nSPS) is 14.2. The Bertz CT molecular complexity index is 764. The summed E-state index contributed by atoms with van der Waals surface area (Å²) >= 11 is 0. The van der Waals surface area contributed by atoms with Crippen LogP contribution in [-0.4, -0.2) is 63.6 Å². The summed E-state index contributed by atoms with van der Waals surface area (Å²) in [5, 5.41) is 0. The fraction of sp³-hybridized carbons (Fsp3) is 0.632. The molecule has 0 aliphatic carbocycles. The van der Waals surface area contributed by atoms with Crippen molar-refractivity contribution in [1.29, 1.82) is 0 Å². The number of unbranched alkanes of at least 4 members (excludes halogenated alkanes) is 1. The van der Waals surface area contributed by atoms with Crippen molar-refractivity contribution in [2.75, 3.05) is 40.1 Å². The molecule has 1 heterocycles. The minimum absolute atomic E-state index is 0.0272. The van der Waals surface area contributed by atoms with Crippen molar-refractivity contribution in [2.45, 2.75) is 39.2 Å². The van der Waals surface area contributed by atoms with E-state index in [1.54, 1.807) is 19.1 Å². The third kappa shape index (κ3) is 5.59. The van der Waals surface area contributed by atoms with Gasteiger partial charge in [-0.15, -0.1) is 0 Å². The van der Waals surface area contributed by atoms with E-state index in [1.165, 1.54) is 10.6 Å². The molecule has 1 aromatic rings. The average Bonchev–Trinajstić information content (AvgIpc) is 2.65. The molecule has 27 heavy (non-hydrogen) atoms. The molecule has 1 aliphatic rings. The highest BCUT2D eigenvalue weighted by atomic mass is 32.2. The second kappa shape index (κ2) is 9.41. The lowest BCUT2D eigenvalue weighted by molar-refractivity contribution is -0.132. The van der Waals surface area contributed by atoms with E-state index in [1.807, 2.05) is 19.1 Å². The molecule has 8 heteroatoms. The zero-order chi connectivity index (χ0) is 20.0. The maximum absolute atomic E-state index is 12.6. The number of fused-ring (bicyclic) bond motifs is 1. The topological polar surface area (TPSA) is 76.2 Å². The molecule has 2 rings (SSSR count). The lowest BCUT2D eigenvalue weighted by atomic mass is 9.98. The monoisotopic (exact) mass is 398 g/mol. The Balaban J connectivity index is 2.02. The molecule has 1 aromatic carbocycles. The lowest BCUT2D eigenvalue weighted by Crippen LogP contribution is -2.39. The summed E-state index contributed by atoms with van der Waals surface area (Å²) in [4.78, 5) is 14.4. The van der Waals surface area contributed by atoms with Gasteiger partial charge in [-0.2, -0.15) is 0 Å². The standard InChI is InChI=1S/C19H30N2O5S/c1-5-6-9-21(27(4,23)24)11-8-19(22)20-10-7-15-12-17(25-2)18(26-3)13-16(15)14-20/h12-13H,5-11,14H2,1-4H3. The van der Waals surface area contributed by atoms with Crippen molar-refractivity contribution in [2.24, 2.45) is 0 Å². The van der Waals surface area contributed by atoms with Gasteiger partial charge in [0.1, 0.15) is 0 Å². The lowest BCUT2D eigenvalue weighted by Gasteiger charge is -2.30. The third-order valence-electron chi connectivity index (χ3n) is 4.88. The van der Waals surface area contributed by atoms with Gasteiger partial charge in [-0.1, -0.05) is 13.3 Å². The van der Waals surface area contributed by atoms with Crippen LogP contribution in [0.5, 0.6) is 11.5 Å². The Morgan fingerprint density at radius 2 is 1.78 bits per heavy atom. The fourth-order valence-electron chi connectivity index (χ4n) is 3.25. The van der Waals surface area contributed by atoms with E-state index in [4.69, 9.17) is 9.47 Å². The summed E-state index contributed by atoms with van der Waals surface area (Å²) in [5.74, 6) is 1.31. The molecular formula is C19H30N2O5S. The van der Waals surface area contributed by atoms with Crippen LogP contribution < -0.4 is 9.47 Å². The van der Waals surface area contributed by atoms with Crippen LogP contribution in [0.25, 0.3) is 0 Å². The molecule has 0 atom stereocenters. The van der Waals surface area contributed by atoms with E-state index in [0.29, 0.717) is 31.1 Å². The van der Waals surface area contributed by atoms with Crippen LogP contribution in [0.15, 0.2) is 12.1 Å². The molecule has 0 fully saturated rings. The summed E-state index contributed by atoms with van der Waals surface area (Å²) in [6.07, 6.45) is 3.84. The quantitative estimate of drug-likeness (QED) is 0.636. The Morgan fingerprint density at radius 1 is 1.15 bits per heavy atom. The molecule has 7 nitrogen and oxygen atoms in total. The largest absolute Gasteiger partial charge is 0.493 e. The zero-order valence-electron chi connectivity index (χ0n) is 16.7. The van der Waals surface area contributed by atoms with Crippen molar-refractivity contribution in [3.63, 3.8) is 0 Å². The van der Waals surface area contributed by atoms with Gasteiger partial charge in [0.05, 0.1) is 20.5 Å². The summed E-state index contributed by atoms with van der Waals surface area (Å²) in [6.45, 7) is 3.83. The number of hydrogen-bond acceptors (Lipinski definition) is 5. The van der Waals surface area contributed by atoms with Crippen molar-refractivity contribution < 1.29 is 22.7 Å². The molecule has 0 saturated heterocycles. The van der Waals surface area contributed by atoms with Crippen molar-refractivity contribution >= 4 is 15.9 Å². The Hall–Kier alpha value is -1.80. The first-order valence-corrected chi connectivity index (χ1v) is 11.1. The molecule has 0 aromatic heterocycles. The molecule has 1 amide bonds. The second-order valence-electron chi connectivity index (χ2n) is 6.81. The molecule has 0 spiro atoms. The number of ether oxygens (including phenoxy) is 2. The Kier molecular flexibility index (Phi) is 7.49. The molecule has 1 aliphatic heterocycles. The number of rotatable bonds is 9. The Labute approximate surface area is 162 Å². The molecule has 0 unspecified atom stereocenters. The molecule has 0 N–H and O–H groups in total. The highest BCUT2D eigenvalue weighted by Crippen LogP contribution is 2.33. The van der Waals surface area contributed by atoms with Crippen LogP contribution in [-0.2, 0) is 27.8 Å². The van der Waals surface area contributed by atoms with Crippen LogP contribution in [0.3, 0.4) is 0 Å². The summed E-state index contributed by atoms with van der Waals surface area (Å²) in [5.41, 5.74) is 2.19. The van der Waals surface area contributed by atoms with Crippen LogP contribution in [0.4, 0.5) is 0 Å². The molecule has 152 valence electrons. The van der Waals surface area contributed by atoms with E-state index in [0.717, 1.165) is 30.4 Å². The molecule has 0 saturated carbocycles. The minimum atomic E-state index is -3.30. The highest BCUT2D eigenvalue weighted by molar-refractivity contribution is 7.88. The fourth-order valence-corrected chi connectivity index (χ4v) is 4.14. The van der Waals surface area contributed by atoms with E-state index in [-0.39, 0.29) is 18.9 Å². The first kappa shape index (κ1) is 21.5. The van der Waals surface area contributed by atoms with Gasteiger partial charge in [-0.05, 0) is 36.1 Å². The predicted molar refractivity (Wildman–Crippen MR) is 105 cm³/mol. The predicted octanol–water partition coefficient (Wildman–Crippen LogP) is 2.04. The van der Waals surface area contributed by atoms with Crippen molar-refractivity contribution in [3.8, 4) is 11.5 Å². The van der Waals surface area contributed by atoms with E-state index >= 15 is 0 Å². The van der Waals surface area contributed by atoms with Crippen LogP contribution in [0.2, 0.25) is 0 Å². The molecule has 0 bridgehead atoms. The third-order valence-corrected chi connectivity index (χ3v) is 6.18. The Morgan fingerprint density at radius 3 is 2.33 bits per heavy atom. The van der Waals surface area contributed by atoms with E-state index in [2.05, 4.69) is 0 Å². The number of carbonyl (C=O) groups is 1. The van der Waals surface area contributed by atoms with Gasteiger partial charge in [0.15, 0.2) is 11.5 Å². The summed E-state index contributed by atoms with van der Waals surface area (Å²) in [7, 11) is -0.101.